The van der Waals surface area contributed by atoms with Gasteiger partial charge in [0.2, 0.25) is 0 Å². The summed E-state index contributed by atoms with van der Waals surface area (Å²) < 4.78 is 82.4. The third kappa shape index (κ3) is 6.17. The molecule has 9 heteroatoms. The van der Waals surface area contributed by atoms with Crippen molar-refractivity contribution in [2.45, 2.75) is 25.7 Å². The maximum Gasteiger partial charge on any atom is 0.416 e. The number of carbonyl (C=O) groups is 1. The van der Waals surface area contributed by atoms with Crippen molar-refractivity contribution in [3.05, 3.63) is 64.7 Å². The zero-order valence-corrected chi connectivity index (χ0v) is 14.7. The highest BCUT2D eigenvalue weighted by molar-refractivity contribution is 5.94. The van der Waals surface area contributed by atoms with Crippen LogP contribution in [0.4, 0.5) is 26.3 Å². The van der Waals surface area contributed by atoms with Crippen LogP contribution in [-0.4, -0.2) is 19.1 Å². The number of hydrogen-bond donors (Lipinski definition) is 1. The predicted molar refractivity (Wildman–Crippen MR) is 90.1 cm³/mol. The van der Waals surface area contributed by atoms with Crippen LogP contribution in [0.5, 0.6) is 5.75 Å². The molecule has 0 aromatic heterocycles. The first-order valence-corrected chi connectivity index (χ1v) is 8.24. The van der Waals surface area contributed by atoms with Gasteiger partial charge in [-0.3, -0.25) is 4.79 Å². The van der Waals surface area contributed by atoms with Gasteiger partial charge in [0.05, 0.1) is 17.7 Å². The fourth-order valence-electron chi connectivity index (χ4n) is 2.29. The summed E-state index contributed by atoms with van der Waals surface area (Å²) in [4.78, 5) is 12.0. The number of ether oxygens (including phenoxy) is 1. The molecule has 2 aromatic carbocycles. The van der Waals surface area contributed by atoms with Crippen LogP contribution < -0.4 is 10.1 Å². The Kier molecular flexibility index (Phi) is 6.58. The molecule has 0 atom stereocenters. The van der Waals surface area contributed by atoms with E-state index in [4.69, 9.17) is 4.74 Å². The van der Waals surface area contributed by atoms with Gasteiger partial charge in [0.25, 0.3) is 5.91 Å². The molecule has 0 spiro atoms. The zero-order chi connectivity index (χ0) is 20.9. The molecule has 0 aliphatic heterocycles. The zero-order valence-electron chi connectivity index (χ0n) is 14.7. The SMILES string of the molecule is Cc1ccc(OCCCNC(=O)c2cc(C(F)(F)F)cc(C(F)(F)F)c2)cc1. The van der Waals surface area contributed by atoms with E-state index in [1.807, 2.05) is 19.1 Å². The van der Waals surface area contributed by atoms with Crippen molar-refractivity contribution in [2.75, 3.05) is 13.2 Å². The molecule has 1 N–H and O–H groups in total. The summed E-state index contributed by atoms with van der Waals surface area (Å²) in [5.74, 6) is -0.406. The van der Waals surface area contributed by atoms with Crippen LogP contribution in [0.2, 0.25) is 0 Å². The van der Waals surface area contributed by atoms with Gasteiger partial charge >= 0.3 is 12.4 Å². The fourth-order valence-corrected chi connectivity index (χ4v) is 2.29. The van der Waals surface area contributed by atoms with E-state index in [1.54, 1.807) is 12.1 Å². The van der Waals surface area contributed by atoms with Crippen molar-refractivity contribution < 1.29 is 35.9 Å². The molecule has 2 rings (SSSR count). The first-order valence-electron chi connectivity index (χ1n) is 8.24. The van der Waals surface area contributed by atoms with Crippen molar-refractivity contribution in [3.8, 4) is 5.75 Å². The van der Waals surface area contributed by atoms with Gasteiger partial charge < -0.3 is 10.1 Å². The lowest BCUT2D eigenvalue weighted by atomic mass is 10.0. The Labute approximate surface area is 157 Å². The average Bonchev–Trinajstić information content (AvgIpc) is 2.61. The van der Waals surface area contributed by atoms with Crippen molar-refractivity contribution >= 4 is 5.91 Å². The lowest BCUT2D eigenvalue weighted by Gasteiger charge is -2.14. The lowest BCUT2D eigenvalue weighted by molar-refractivity contribution is -0.143. The summed E-state index contributed by atoms with van der Waals surface area (Å²) in [7, 11) is 0. The van der Waals surface area contributed by atoms with Gasteiger partial charge in [0.1, 0.15) is 5.75 Å². The summed E-state index contributed by atoms with van der Waals surface area (Å²) in [6.45, 7) is 2.17. The highest BCUT2D eigenvalue weighted by atomic mass is 19.4. The van der Waals surface area contributed by atoms with Gasteiger partial charge in [-0.1, -0.05) is 17.7 Å². The number of benzene rings is 2. The summed E-state index contributed by atoms with van der Waals surface area (Å²) in [5.41, 5.74) is -2.72. The molecule has 1 amide bonds. The normalized spacial score (nSPS) is 12.0. The first-order chi connectivity index (χ1) is 13.0. The summed E-state index contributed by atoms with van der Waals surface area (Å²) in [6, 6.07) is 7.99. The van der Waals surface area contributed by atoms with Crippen LogP contribution in [0.3, 0.4) is 0 Å². The molecule has 3 nitrogen and oxygen atoms in total. The third-order valence-electron chi connectivity index (χ3n) is 3.75. The number of rotatable bonds is 6. The quantitative estimate of drug-likeness (QED) is 0.528. The number of hydrogen-bond acceptors (Lipinski definition) is 2. The Bertz CT molecular complexity index is 780. The second-order valence-corrected chi connectivity index (χ2v) is 6.07. The molecule has 0 fully saturated rings. The largest absolute Gasteiger partial charge is 0.494 e. The standard InChI is InChI=1S/C19H17F6NO2/c1-12-3-5-16(6-4-12)28-8-2-7-26-17(27)13-9-14(18(20,21)22)11-15(10-13)19(23,24)25/h3-6,9-11H,2,7-8H2,1H3,(H,26,27). The van der Waals surface area contributed by atoms with Gasteiger partial charge in [0, 0.05) is 12.1 Å². The molecule has 0 radical (unpaired) electrons. The summed E-state index contributed by atoms with van der Waals surface area (Å²) in [6.07, 6.45) is -9.68. The predicted octanol–water partition coefficient (Wildman–Crippen LogP) is 5.23. The molecule has 0 heterocycles. The highest BCUT2D eigenvalue weighted by Crippen LogP contribution is 2.36. The Balaban J connectivity index is 1.96. The average molecular weight is 405 g/mol. The summed E-state index contributed by atoms with van der Waals surface area (Å²) >= 11 is 0. The van der Waals surface area contributed by atoms with Gasteiger partial charge in [0.15, 0.2) is 0 Å². The lowest BCUT2D eigenvalue weighted by Crippen LogP contribution is -2.26. The second-order valence-electron chi connectivity index (χ2n) is 6.07. The topological polar surface area (TPSA) is 38.3 Å². The fraction of sp³-hybridized carbons (Fsp3) is 0.316. The molecule has 2 aromatic rings. The van der Waals surface area contributed by atoms with Crippen molar-refractivity contribution in [1.29, 1.82) is 0 Å². The second kappa shape index (κ2) is 8.53. The van der Waals surface area contributed by atoms with E-state index in [-0.39, 0.29) is 19.2 Å². The molecule has 28 heavy (non-hydrogen) atoms. The van der Waals surface area contributed by atoms with Gasteiger partial charge in [-0.25, -0.2) is 0 Å². The molecular weight excluding hydrogens is 388 g/mol. The molecule has 0 unspecified atom stereocenters. The monoisotopic (exact) mass is 405 g/mol. The smallest absolute Gasteiger partial charge is 0.416 e. The highest BCUT2D eigenvalue weighted by Gasteiger charge is 2.37. The number of nitrogens with one attached hydrogen (secondary N) is 1. The van der Waals surface area contributed by atoms with Crippen LogP contribution in [0.15, 0.2) is 42.5 Å². The van der Waals surface area contributed by atoms with E-state index in [0.717, 1.165) is 5.56 Å². The minimum absolute atomic E-state index is 0.0216. The maximum absolute atomic E-state index is 12.8. The molecule has 0 saturated heterocycles. The van der Waals surface area contributed by atoms with E-state index in [2.05, 4.69) is 5.32 Å². The summed E-state index contributed by atoms with van der Waals surface area (Å²) in [5, 5.41) is 2.30. The third-order valence-corrected chi connectivity index (χ3v) is 3.75. The van der Waals surface area contributed by atoms with Crippen molar-refractivity contribution in [3.63, 3.8) is 0 Å². The van der Waals surface area contributed by atoms with E-state index < -0.39 is 35.0 Å². The van der Waals surface area contributed by atoms with Gasteiger partial charge in [-0.15, -0.1) is 0 Å². The minimum atomic E-state index is -5.00. The van der Waals surface area contributed by atoms with Crippen LogP contribution >= 0.6 is 0 Å². The van der Waals surface area contributed by atoms with Gasteiger partial charge in [-0.05, 0) is 43.7 Å². The van der Waals surface area contributed by atoms with Crippen molar-refractivity contribution in [1.82, 2.24) is 5.32 Å². The maximum atomic E-state index is 12.8. The first kappa shape index (κ1) is 21.6. The minimum Gasteiger partial charge on any atom is -0.494 e. The molecule has 0 saturated carbocycles. The molecule has 0 bridgehead atoms. The Morgan fingerprint density at radius 2 is 1.46 bits per heavy atom. The van der Waals surface area contributed by atoms with E-state index >= 15 is 0 Å². The van der Waals surface area contributed by atoms with E-state index in [9.17, 15) is 31.1 Å². The molecule has 0 aliphatic rings. The Hall–Kier alpha value is -2.71. The van der Waals surface area contributed by atoms with E-state index in [0.29, 0.717) is 24.3 Å². The van der Waals surface area contributed by atoms with E-state index in [1.165, 1.54) is 0 Å². The Morgan fingerprint density at radius 3 is 1.96 bits per heavy atom. The van der Waals surface area contributed by atoms with Crippen LogP contribution in [0.1, 0.15) is 33.5 Å². The van der Waals surface area contributed by atoms with Gasteiger partial charge in [-0.2, -0.15) is 26.3 Å². The van der Waals surface area contributed by atoms with Crippen molar-refractivity contribution in [2.24, 2.45) is 0 Å². The number of halogens is 6. The van der Waals surface area contributed by atoms with Crippen LogP contribution in [0.25, 0.3) is 0 Å². The molecule has 0 aliphatic carbocycles. The Morgan fingerprint density at radius 1 is 0.929 bits per heavy atom. The molecular formula is C19H17F6NO2. The van der Waals surface area contributed by atoms with Crippen LogP contribution in [-0.2, 0) is 12.4 Å². The number of carbonyl (C=O) groups excluding carboxylic acids is 1. The van der Waals surface area contributed by atoms with Crippen LogP contribution in [0, 0.1) is 6.92 Å². The number of alkyl halides is 6. The molecule has 152 valence electrons. The number of aryl methyl sites for hydroxylation is 1. The number of amides is 1.